The van der Waals surface area contributed by atoms with Crippen LogP contribution >= 0.6 is 0 Å². The summed E-state index contributed by atoms with van der Waals surface area (Å²) >= 11 is 0. The van der Waals surface area contributed by atoms with Gasteiger partial charge in [-0.05, 0) is 37.8 Å². The van der Waals surface area contributed by atoms with Gasteiger partial charge in [-0.1, -0.05) is 6.07 Å². The Kier molecular flexibility index (Phi) is 2.23. The molecule has 0 aliphatic heterocycles. The van der Waals surface area contributed by atoms with Gasteiger partial charge in [-0.25, -0.2) is 0 Å². The number of carboxylic acids is 1. The third kappa shape index (κ3) is 1.76. The summed E-state index contributed by atoms with van der Waals surface area (Å²) in [5.41, 5.74) is 1.59. The molecule has 1 aliphatic rings. The molecule has 0 spiro atoms. The van der Waals surface area contributed by atoms with Crippen molar-refractivity contribution in [2.45, 2.75) is 25.7 Å². The van der Waals surface area contributed by atoms with Crippen molar-refractivity contribution in [2.75, 3.05) is 0 Å². The lowest BCUT2D eigenvalue weighted by Gasteiger charge is -2.10. The van der Waals surface area contributed by atoms with E-state index in [1.54, 1.807) is 0 Å². The van der Waals surface area contributed by atoms with Gasteiger partial charge in [0.1, 0.15) is 5.92 Å². The predicted octanol–water partition coefficient (Wildman–Crippen LogP) is 1.97. The van der Waals surface area contributed by atoms with E-state index >= 15 is 0 Å². The van der Waals surface area contributed by atoms with Gasteiger partial charge in [0.2, 0.25) is 0 Å². The molecule has 0 bridgehead atoms. The van der Waals surface area contributed by atoms with Crippen LogP contribution in [0.4, 0.5) is 0 Å². The quantitative estimate of drug-likeness (QED) is 0.794. The van der Waals surface area contributed by atoms with Crippen LogP contribution in [0.15, 0.2) is 18.2 Å². The SMILES string of the molecule is Cc1cccc(C(C(=O)O)C2CC2)n1. The highest BCUT2D eigenvalue weighted by Crippen LogP contribution is 2.42. The maximum Gasteiger partial charge on any atom is 0.312 e. The average Bonchev–Trinajstić information content (AvgIpc) is 2.88. The minimum absolute atomic E-state index is 0.307. The number of rotatable bonds is 3. The molecule has 2 rings (SSSR count). The summed E-state index contributed by atoms with van der Waals surface area (Å²) < 4.78 is 0. The van der Waals surface area contributed by atoms with Gasteiger partial charge in [0.05, 0.1) is 5.69 Å². The Morgan fingerprint density at radius 2 is 2.29 bits per heavy atom. The molecule has 74 valence electrons. The molecule has 14 heavy (non-hydrogen) atoms. The fourth-order valence-corrected chi connectivity index (χ4v) is 1.74. The van der Waals surface area contributed by atoms with Crippen LogP contribution in [0, 0.1) is 12.8 Å². The van der Waals surface area contributed by atoms with E-state index in [1.807, 2.05) is 25.1 Å². The number of aryl methyl sites for hydroxylation is 1. The molecular formula is C11H13NO2. The monoisotopic (exact) mass is 191 g/mol. The first-order chi connectivity index (χ1) is 6.68. The third-order valence-corrected chi connectivity index (χ3v) is 2.59. The number of aliphatic carboxylic acids is 1. The summed E-state index contributed by atoms with van der Waals surface area (Å²) in [6.07, 6.45) is 2.04. The highest BCUT2D eigenvalue weighted by atomic mass is 16.4. The molecule has 1 aromatic rings. The van der Waals surface area contributed by atoms with Gasteiger partial charge in [0, 0.05) is 5.69 Å². The van der Waals surface area contributed by atoms with Crippen LogP contribution < -0.4 is 0 Å². The molecule has 0 aromatic carbocycles. The second-order valence-corrected chi connectivity index (χ2v) is 3.86. The molecule has 1 unspecified atom stereocenters. The van der Waals surface area contributed by atoms with Crippen molar-refractivity contribution in [1.82, 2.24) is 4.98 Å². The maximum atomic E-state index is 11.1. The zero-order chi connectivity index (χ0) is 10.1. The van der Waals surface area contributed by atoms with E-state index in [0.29, 0.717) is 11.6 Å². The Morgan fingerprint density at radius 3 is 2.79 bits per heavy atom. The molecule has 1 aliphatic carbocycles. The third-order valence-electron chi connectivity index (χ3n) is 2.59. The minimum atomic E-state index is -0.745. The maximum absolute atomic E-state index is 11.1. The lowest BCUT2D eigenvalue weighted by Crippen LogP contribution is -2.15. The Labute approximate surface area is 82.8 Å². The molecule has 1 heterocycles. The van der Waals surface area contributed by atoms with E-state index < -0.39 is 11.9 Å². The zero-order valence-electron chi connectivity index (χ0n) is 8.10. The molecule has 1 N–H and O–H groups in total. The molecule has 0 saturated heterocycles. The van der Waals surface area contributed by atoms with Gasteiger partial charge in [-0.3, -0.25) is 9.78 Å². The number of nitrogens with zero attached hydrogens (tertiary/aromatic N) is 1. The van der Waals surface area contributed by atoms with Gasteiger partial charge in [-0.2, -0.15) is 0 Å². The van der Waals surface area contributed by atoms with Crippen LogP contribution in [0.5, 0.6) is 0 Å². The van der Waals surface area contributed by atoms with Crippen molar-refractivity contribution in [2.24, 2.45) is 5.92 Å². The van der Waals surface area contributed by atoms with Gasteiger partial charge in [-0.15, -0.1) is 0 Å². The number of aromatic nitrogens is 1. The van der Waals surface area contributed by atoms with Gasteiger partial charge < -0.3 is 5.11 Å². The number of carboxylic acid groups (broad SMARTS) is 1. The zero-order valence-corrected chi connectivity index (χ0v) is 8.10. The van der Waals surface area contributed by atoms with E-state index in [1.165, 1.54) is 0 Å². The van der Waals surface area contributed by atoms with Crippen LogP contribution in [-0.4, -0.2) is 16.1 Å². The lowest BCUT2D eigenvalue weighted by atomic mass is 9.99. The number of pyridine rings is 1. The molecule has 3 heteroatoms. The number of carbonyl (C=O) groups is 1. The summed E-state index contributed by atoms with van der Waals surface area (Å²) in [4.78, 5) is 15.3. The van der Waals surface area contributed by atoms with E-state index in [2.05, 4.69) is 4.98 Å². The molecule has 1 atom stereocenters. The topological polar surface area (TPSA) is 50.2 Å². The van der Waals surface area contributed by atoms with E-state index in [4.69, 9.17) is 5.11 Å². The van der Waals surface area contributed by atoms with E-state index in [0.717, 1.165) is 18.5 Å². The average molecular weight is 191 g/mol. The lowest BCUT2D eigenvalue weighted by molar-refractivity contribution is -0.139. The van der Waals surface area contributed by atoms with Crippen LogP contribution in [-0.2, 0) is 4.79 Å². The molecule has 0 radical (unpaired) electrons. The molecule has 1 aromatic heterocycles. The summed E-state index contributed by atoms with van der Waals surface area (Å²) in [5.74, 6) is -0.831. The summed E-state index contributed by atoms with van der Waals surface area (Å²) in [5, 5.41) is 9.09. The molecule has 0 amide bonds. The van der Waals surface area contributed by atoms with Crippen molar-refractivity contribution < 1.29 is 9.90 Å². The van der Waals surface area contributed by atoms with Gasteiger partial charge in [0.15, 0.2) is 0 Å². The van der Waals surface area contributed by atoms with Crippen molar-refractivity contribution >= 4 is 5.97 Å². The molecule has 3 nitrogen and oxygen atoms in total. The normalized spacial score (nSPS) is 17.8. The standard InChI is InChI=1S/C11H13NO2/c1-7-3-2-4-9(12-7)10(11(13)14)8-5-6-8/h2-4,8,10H,5-6H2,1H3,(H,13,14). The van der Waals surface area contributed by atoms with Crippen LogP contribution in [0.3, 0.4) is 0 Å². The number of hydrogen-bond donors (Lipinski definition) is 1. The largest absolute Gasteiger partial charge is 0.481 e. The smallest absolute Gasteiger partial charge is 0.312 e. The fraction of sp³-hybridized carbons (Fsp3) is 0.455. The van der Waals surface area contributed by atoms with E-state index in [-0.39, 0.29) is 0 Å². The Morgan fingerprint density at radius 1 is 1.57 bits per heavy atom. The van der Waals surface area contributed by atoms with Crippen LogP contribution in [0.2, 0.25) is 0 Å². The van der Waals surface area contributed by atoms with Gasteiger partial charge in [0.25, 0.3) is 0 Å². The summed E-state index contributed by atoms with van der Waals surface area (Å²) in [6.45, 7) is 1.88. The fourth-order valence-electron chi connectivity index (χ4n) is 1.74. The minimum Gasteiger partial charge on any atom is -0.481 e. The molecule has 1 fully saturated rings. The summed E-state index contributed by atoms with van der Waals surface area (Å²) in [7, 11) is 0. The number of hydrogen-bond acceptors (Lipinski definition) is 2. The van der Waals surface area contributed by atoms with Crippen molar-refractivity contribution in [3.8, 4) is 0 Å². The first-order valence-electron chi connectivity index (χ1n) is 4.85. The second-order valence-electron chi connectivity index (χ2n) is 3.86. The highest BCUT2D eigenvalue weighted by Gasteiger charge is 2.38. The van der Waals surface area contributed by atoms with Crippen molar-refractivity contribution in [3.63, 3.8) is 0 Å². The highest BCUT2D eigenvalue weighted by molar-refractivity contribution is 5.76. The Balaban J connectivity index is 2.30. The first-order valence-corrected chi connectivity index (χ1v) is 4.85. The van der Waals surface area contributed by atoms with E-state index in [9.17, 15) is 4.79 Å². The van der Waals surface area contributed by atoms with Crippen molar-refractivity contribution in [3.05, 3.63) is 29.6 Å². The predicted molar refractivity (Wildman–Crippen MR) is 52.1 cm³/mol. The Hall–Kier alpha value is -1.38. The van der Waals surface area contributed by atoms with Crippen LogP contribution in [0.1, 0.15) is 30.1 Å². The molecule has 1 saturated carbocycles. The van der Waals surface area contributed by atoms with Gasteiger partial charge >= 0.3 is 5.97 Å². The van der Waals surface area contributed by atoms with Crippen LogP contribution in [0.25, 0.3) is 0 Å². The van der Waals surface area contributed by atoms with Crippen molar-refractivity contribution in [1.29, 1.82) is 0 Å². The summed E-state index contributed by atoms with van der Waals surface area (Å²) in [6, 6.07) is 5.56. The second kappa shape index (κ2) is 3.40. The molecular weight excluding hydrogens is 178 g/mol. The Bertz CT molecular complexity index is 358. The first kappa shape index (κ1) is 9.19.